The number of amides is 1. The largest absolute Gasteiger partial charge is 0.383 e. The van der Waals surface area contributed by atoms with Gasteiger partial charge >= 0.3 is 0 Å². The molecule has 1 atom stereocenters. The van der Waals surface area contributed by atoms with Crippen LogP contribution in [0.3, 0.4) is 0 Å². The van der Waals surface area contributed by atoms with Crippen LogP contribution in [0.4, 0.5) is 5.69 Å². The van der Waals surface area contributed by atoms with E-state index in [1.54, 1.807) is 23.1 Å². The van der Waals surface area contributed by atoms with Crippen LogP contribution in [0.1, 0.15) is 12.8 Å². The Balaban J connectivity index is 1.50. The molecule has 1 fully saturated rings. The van der Waals surface area contributed by atoms with Crippen LogP contribution in [0.5, 0.6) is 0 Å². The van der Waals surface area contributed by atoms with Gasteiger partial charge in [0.15, 0.2) is 0 Å². The topological polar surface area (TPSA) is 45.2 Å². The Morgan fingerprint density at radius 3 is 3.17 bits per heavy atom. The molecule has 0 bridgehead atoms. The lowest BCUT2D eigenvalue weighted by atomic mass is 10.2. The van der Waals surface area contributed by atoms with Crippen LogP contribution in [0.25, 0.3) is 0 Å². The first kappa shape index (κ1) is 16.6. The van der Waals surface area contributed by atoms with E-state index < -0.39 is 0 Å². The normalized spacial score (nSPS) is 17.7. The fourth-order valence-corrected chi connectivity index (χ4v) is 4.50. The molecule has 2 aromatic rings. The molecule has 1 aliphatic heterocycles. The van der Waals surface area contributed by atoms with E-state index in [0.717, 1.165) is 35.3 Å². The van der Waals surface area contributed by atoms with Gasteiger partial charge in [-0.15, -0.1) is 11.3 Å². The van der Waals surface area contributed by atoms with E-state index >= 15 is 0 Å². The average Bonchev–Trinajstić information content (AvgIpc) is 3.17. The highest BCUT2D eigenvalue weighted by molar-refractivity contribution is 8.01. The Hall–Kier alpha value is -1.24. The second-order valence-electron chi connectivity index (χ2n) is 5.32. The van der Waals surface area contributed by atoms with Gasteiger partial charge in [0.25, 0.3) is 0 Å². The van der Waals surface area contributed by atoms with Crippen molar-refractivity contribution in [1.82, 2.24) is 9.88 Å². The van der Waals surface area contributed by atoms with Crippen LogP contribution in [0.2, 0.25) is 5.02 Å². The van der Waals surface area contributed by atoms with Crippen molar-refractivity contribution in [3.05, 3.63) is 40.9 Å². The lowest BCUT2D eigenvalue weighted by Crippen LogP contribution is -2.39. The van der Waals surface area contributed by atoms with E-state index in [2.05, 4.69) is 10.3 Å². The summed E-state index contributed by atoms with van der Waals surface area (Å²) in [6.45, 7) is 1.53. The SMILES string of the molecule is O=C1CC[C@H](CNc2cccc(Cl)c2)N1CCSc1nccs1. The lowest BCUT2D eigenvalue weighted by molar-refractivity contribution is -0.128. The molecule has 1 aromatic heterocycles. The van der Waals surface area contributed by atoms with Gasteiger partial charge in [-0.2, -0.15) is 0 Å². The summed E-state index contributed by atoms with van der Waals surface area (Å²) in [5, 5.41) is 6.08. The predicted molar refractivity (Wildman–Crippen MR) is 97.5 cm³/mol. The molecule has 7 heteroatoms. The van der Waals surface area contributed by atoms with Crippen LogP contribution in [0, 0.1) is 0 Å². The van der Waals surface area contributed by atoms with Crippen LogP contribution >= 0.6 is 34.7 Å². The van der Waals surface area contributed by atoms with Crippen molar-refractivity contribution in [1.29, 1.82) is 0 Å². The molecule has 1 N–H and O–H groups in total. The van der Waals surface area contributed by atoms with Gasteiger partial charge in [0.05, 0.1) is 0 Å². The highest BCUT2D eigenvalue weighted by Gasteiger charge is 2.30. The van der Waals surface area contributed by atoms with Crippen molar-refractivity contribution in [2.75, 3.05) is 24.2 Å². The van der Waals surface area contributed by atoms with Crippen molar-refractivity contribution >= 4 is 46.3 Å². The second-order valence-corrected chi connectivity index (χ2v) is 7.99. The van der Waals surface area contributed by atoms with Gasteiger partial charge in [0.1, 0.15) is 4.34 Å². The van der Waals surface area contributed by atoms with E-state index in [0.29, 0.717) is 11.4 Å². The molecule has 0 aliphatic carbocycles. The Morgan fingerprint density at radius 2 is 2.39 bits per heavy atom. The first-order valence-corrected chi connectivity index (χ1v) is 9.78. The third kappa shape index (κ3) is 4.62. The summed E-state index contributed by atoms with van der Waals surface area (Å²) in [4.78, 5) is 18.4. The van der Waals surface area contributed by atoms with Gasteiger partial charge in [-0.1, -0.05) is 29.4 Å². The fourth-order valence-electron chi connectivity index (χ4n) is 2.66. The van der Waals surface area contributed by atoms with Gasteiger partial charge in [0, 0.05) is 53.6 Å². The minimum Gasteiger partial charge on any atom is -0.383 e. The molecule has 0 unspecified atom stereocenters. The number of carbonyl (C=O) groups is 1. The molecule has 1 aliphatic rings. The van der Waals surface area contributed by atoms with Crippen LogP contribution in [0.15, 0.2) is 40.2 Å². The molecule has 0 spiro atoms. The second kappa shape index (κ2) is 8.04. The average molecular weight is 368 g/mol. The van der Waals surface area contributed by atoms with Crippen LogP contribution < -0.4 is 5.32 Å². The first-order valence-electron chi connectivity index (χ1n) is 7.53. The maximum Gasteiger partial charge on any atom is 0.222 e. The number of nitrogens with one attached hydrogen (secondary N) is 1. The van der Waals surface area contributed by atoms with Crippen molar-refractivity contribution in [2.45, 2.75) is 23.2 Å². The lowest BCUT2D eigenvalue weighted by Gasteiger charge is -2.25. The minimum absolute atomic E-state index is 0.248. The number of benzene rings is 1. The summed E-state index contributed by atoms with van der Waals surface area (Å²) < 4.78 is 1.06. The van der Waals surface area contributed by atoms with Crippen molar-refractivity contribution in [3.63, 3.8) is 0 Å². The third-order valence-electron chi connectivity index (χ3n) is 3.79. The molecule has 3 rings (SSSR count). The van der Waals surface area contributed by atoms with E-state index in [9.17, 15) is 4.79 Å². The van der Waals surface area contributed by atoms with Gasteiger partial charge in [-0.25, -0.2) is 4.98 Å². The zero-order valence-corrected chi connectivity index (χ0v) is 15.0. The number of anilines is 1. The highest BCUT2D eigenvalue weighted by Crippen LogP contribution is 2.24. The third-order valence-corrected chi connectivity index (χ3v) is 5.97. The number of nitrogens with zero attached hydrogens (tertiary/aromatic N) is 2. The van der Waals surface area contributed by atoms with Crippen molar-refractivity contribution < 1.29 is 4.79 Å². The first-order chi connectivity index (χ1) is 11.2. The number of hydrogen-bond donors (Lipinski definition) is 1. The summed E-state index contributed by atoms with van der Waals surface area (Å²) >= 11 is 9.35. The van der Waals surface area contributed by atoms with E-state index in [4.69, 9.17) is 11.6 Å². The van der Waals surface area contributed by atoms with Gasteiger partial charge < -0.3 is 10.2 Å². The quantitative estimate of drug-likeness (QED) is 0.751. The molecule has 1 amide bonds. The smallest absolute Gasteiger partial charge is 0.222 e. The number of likely N-dealkylation sites (tertiary alicyclic amines) is 1. The molecule has 4 nitrogen and oxygen atoms in total. The van der Waals surface area contributed by atoms with Crippen LogP contribution in [-0.2, 0) is 4.79 Å². The van der Waals surface area contributed by atoms with Gasteiger partial charge in [-0.3, -0.25) is 4.79 Å². The summed E-state index contributed by atoms with van der Waals surface area (Å²) in [6.07, 6.45) is 3.36. The molecule has 2 heterocycles. The van der Waals surface area contributed by atoms with Crippen molar-refractivity contribution in [3.8, 4) is 0 Å². The summed E-state index contributed by atoms with van der Waals surface area (Å²) in [7, 11) is 0. The number of thiazole rings is 1. The zero-order chi connectivity index (χ0) is 16.1. The van der Waals surface area contributed by atoms with Gasteiger partial charge in [0.2, 0.25) is 5.91 Å². The zero-order valence-electron chi connectivity index (χ0n) is 12.6. The van der Waals surface area contributed by atoms with E-state index in [1.807, 2.05) is 40.7 Å². The number of halogens is 1. The maximum absolute atomic E-state index is 12.1. The molecule has 23 heavy (non-hydrogen) atoms. The number of thioether (sulfide) groups is 1. The van der Waals surface area contributed by atoms with Crippen LogP contribution in [-0.4, -0.2) is 40.7 Å². The molecular weight excluding hydrogens is 350 g/mol. The predicted octanol–water partition coefficient (Wildman–Crippen LogP) is 3.99. The molecule has 1 saturated heterocycles. The number of rotatable bonds is 7. The summed E-state index contributed by atoms with van der Waals surface area (Å²) in [5.74, 6) is 1.13. The maximum atomic E-state index is 12.1. The Kier molecular flexibility index (Phi) is 5.80. The Morgan fingerprint density at radius 1 is 1.48 bits per heavy atom. The van der Waals surface area contributed by atoms with Gasteiger partial charge in [-0.05, 0) is 24.6 Å². The number of aromatic nitrogens is 1. The van der Waals surface area contributed by atoms with E-state index in [-0.39, 0.29) is 11.9 Å². The highest BCUT2D eigenvalue weighted by atomic mass is 35.5. The standard InChI is InChI=1S/C16H18ClN3OS2/c17-12-2-1-3-13(10-12)19-11-14-4-5-15(21)20(14)7-9-23-16-18-6-8-22-16/h1-3,6,8,10,14,19H,4-5,7,9,11H2/t14-/m1/s1. The fraction of sp³-hybridized carbons (Fsp3) is 0.375. The number of carbonyl (C=O) groups excluding carboxylic acids is 1. The molecule has 1 aromatic carbocycles. The molecular formula is C16H18ClN3OS2. The molecule has 0 radical (unpaired) electrons. The minimum atomic E-state index is 0.248. The molecule has 122 valence electrons. The Bertz CT molecular complexity index is 651. The summed E-state index contributed by atoms with van der Waals surface area (Å²) in [5.41, 5.74) is 0.994. The van der Waals surface area contributed by atoms with Crippen molar-refractivity contribution in [2.24, 2.45) is 0 Å². The summed E-state index contributed by atoms with van der Waals surface area (Å²) in [6, 6.07) is 7.92. The monoisotopic (exact) mass is 367 g/mol. The molecule has 0 saturated carbocycles. The number of hydrogen-bond acceptors (Lipinski definition) is 5. The van der Waals surface area contributed by atoms with E-state index in [1.165, 1.54) is 0 Å². The Labute approximate surface area is 149 Å².